The normalized spacial score (nSPS) is 15.8. The maximum Gasteiger partial charge on any atom is 0.221 e. The number of para-hydroxylation sites is 1. The first-order chi connectivity index (χ1) is 9.83. The van der Waals surface area contributed by atoms with Gasteiger partial charge in [-0.05, 0) is 24.8 Å². The molecule has 1 saturated carbocycles. The molecule has 1 fully saturated rings. The fourth-order valence-corrected chi connectivity index (χ4v) is 2.97. The van der Waals surface area contributed by atoms with Gasteiger partial charge in [0, 0.05) is 18.4 Å². The zero-order chi connectivity index (χ0) is 13.8. The average Bonchev–Trinajstić information content (AvgIpc) is 3.12. The number of rotatable bonds is 5. The molecule has 1 aliphatic carbocycles. The number of carbonyl (C=O) groups is 1. The molecule has 0 aliphatic heterocycles. The highest BCUT2D eigenvalue weighted by molar-refractivity contribution is 5.79. The fraction of sp³-hybridized carbons (Fsp3) is 0.500. The second-order valence-electron chi connectivity index (χ2n) is 5.63. The molecule has 1 aromatic carbocycles. The van der Waals surface area contributed by atoms with Gasteiger partial charge in [-0.1, -0.05) is 31.0 Å². The Kier molecular flexibility index (Phi) is 4.00. The number of fused-ring (bicyclic) bond motifs is 1. The maximum absolute atomic E-state index is 11.9. The van der Waals surface area contributed by atoms with Crippen LogP contribution in [0.3, 0.4) is 0 Å². The quantitative estimate of drug-likeness (QED) is 0.909. The maximum atomic E-state index is 11.9. The number of amides is 1. The Labute approximate surface area is 119 Å². The van der Waals surface area contributed by atoms with Gasteiger partial charge in [-0.15, -0.1) is 0 Å². The molecule has 1 heterocycles. The third kappa shape index (κ3) is 3.00. The van der Waals surface area contributed by atoms with Gasteiger partial charge < -0.3 is 5.32 Å². The van der Waals surface area contributed by atoms with Gasteiger partial charge in [0.15, 0.2) is 0 Å². The monoisotopic (exact) mass is 271 g/mol. The van der Waals surface area contributed by atoms with Crippen molar-refractivity contribution < 1.29 is 4.79 Å². The molecule has 0 atom stereocenters. The summed E-state index contributed by atoms with van der Waals surface area (Å²) in [4.78, 5) is 11.9. The van der Waals surface area contributed by atoms with E-state index in [-0.39, 0.29) is 5.91 Å². The highest BCUT2D eigenvalue weighted by Crippen LogP contribution is 2.23. The van der Waals surface area contributed by atoms with Crippen molar-refractivity contribution >= 4 is 16.8 Å². The van der Waals surface area contributed by atoms with E-state index in [1.54, 1.807) is 0 Å². The summed E-state index contributed by atoms with van der Waals surface area (Å²) in [5.41, 5.74) is 1.09. The van der Waals surface area contributed by atoms with Gasteiger partial charge in [0.1, 0.15) is 0 Å². The number of aromatic nitrogens is 2. The third-order valence-corrected chi connectivity index (χ3v) is 4.16. The Bertz CT molecular complexity index is 584. The summed E-state index contributed by atoms with van der Waals surface area (Å²) in [7, 11) is 0. The van der Waals surface area contributed by atoms with Crippen molar-refractivity contribution in [2.75, 3.05) is 6.54 Å². The molecule has 106 valence electrons. The van der Waals surface area contributed by atoms with Crippen LogP contribution in [0.5, 0.6) is 0 Å². The highest BCUT2D eigenvalue weighted by atomic mass is 16.1. The lowest BCUT2D eigenvalue weighted by molar-refractivity contribution is -0.121. The second-order valence-corrected chi connectivity index (χ2v) is 5.63. The summed E-state index contributed by atoms with van der Waals surface area (Å²) in [6, 6.07) is 8.08. The largest absolute Gasteiger partial charge is 0.356 e. The lowest BCUT2D eigenvalue weighted by Crippen LogP contribution is -2.29. The minimum Gasteiger partial charge on any atom is -0.356 e. The van der Waals surface area contributed by atoms with Gasteiger partial charge in [-0.3, -0.25) is 9.48 Å². The topological polar surface area (TPSA) is 46.9 Å². The molecular weight excluding hydrogens is 250 g/mol. The molecule has 1 amide bonds. The van der Waals surface area contributed by atoms with Crippen molar-refractivity contribution in [3.63, 3.8) is 0 Å². The van der Waals surface area contributed by atoms with Gasteiger partial charge in [0.2, 0.25) is 5.91 Å². The first-order valence-corrected chi connectivity index (χ1v) is 7.50. The first kappa shape index (κ1) is 13.2. The van der Waals surface area contributed by atoms with Crippen LogP contribution in [-0.4, -0.2) is 22.2 Å². The van der Waals surface area contributed by atoms with Crippen LogP contribution in [0.25, 0.3) is 10.9 Å². The number of hydrogen-bond acceptors (Lipinski definition) is 2. The molecule has 1 aromatic heterocycles. The number of nitrogens with zero attached hydrogens (tertiary/aromatic N) is 2. The van der Waals surface area contributed by atoms with Crippen LogP contribution >= 0.6 is 0 Å². The molecule has 0 bridgehead atoms. The summed E-state index contributed by atoms with van der Waals surface area (Å²) in [5.74, 6) is 0.834. The fourth-order valence-electron chi connectivity index (χ4n) is 2.97. The first-order valence-electron chi connectivity index (χ1n) is 7.50. The Balaban J connectivity index is 1.49. The van der Waals surface area contributed by atoms with Crippen molar-refractivity contribution in [2.24, 2.45) is 5.92 Å². The van der Waals surface area contributed by atoms with E-state index in [2.05, 4.69) is 10.4 Å². The molecule has 3 rings (SSSR count). The summed E-state index contributed by atoms with van der Waals surface area (Å²) >= 11 is 0. The Morgan fingerprint density at radius 3 is 2.95 bits per heavy atom. The zero-order valence-corrected chi connectivity index (χ0v) is 11.7. The van der Waals surface area contributed by atoms with Gasteiger partial charge in [0.05, 0.1) is 18.3 Å². The standard InChI is InChI=1S/C16H21N3O/c20-16(17-11-13-5-1-2-6-13)9-10-19-15-8-4-3-7-14(15)12-18-19/h3-4,7-8,12-13H,1-2,5-6,9-11H2,(H,17,20). The molecule has 4 nitrogen and oxygen atoms in total. The predicted octanol–water partition coefficient (Wildman–Crippen LogP) is 2.73. The van der Waals surface area contributed by atoms with Crippen LogP contribution in [0, 0.1) is 5.92 Å². The van der Waals surface area contributed by atoms with Crippen molar-refractivity contribution in [2.45, 2.75) is 38.6 Å². The number of nitrogens with one attached hydrogen (secondary N) is 1. The zero-order valence-electron chi connectivity index (χ0n) is 11.7. The molecule has 4 heteroatoms. The van der Waals surface area contributed by atoms with E-state index in [4.69, 9.17) is 0 Å². The molecular formula is C16H21N3O. The molecule has 20 heavy (non-hydrogen) atoms. The van der Waals surface area contributed by atoms with Crippen LogP contribution in [0.15, 0.2) is 30.5 Å². The minimum atomic E-state index is 0.136. The summed E-state index contributed by atoms with van der Waals surface area (Å²) in [6.45, 7) is 1.49. The van der Waals surface area contributed by atoms with Crippen molar-refractivity contribution in [3.05, 3.63) is 30.5 Å². The van der Waals surface area contributed by atoms with Crippen LogP contribution < -0.4 is 5.32 Å². The van der Waals surface area contributed by atoms with Crippen molar-refractivity contribution in [1.82, 2.24) is 15.1 Å². The van der Waals surface area contributed by atoms with Gasteiger partial charge in [0.25, 0.3) is 0 Å². The Morgan fingerprint density at radius 1 is 1.30 bits per heavy atom. The molecule has 2 aromatic rings. The van der Waals surface area contributed by atoms with Crippen molar-refractivity contribution in [3.8, 4) is 0 Å². The van der Waals surface area contributed by atoms with E-state index in [0.29, 0.717) is 18.9 Å². The van der Waals surface area contributed by atoms with Crippen LogP contribution in [-0.2, 0) is 11.3 Å². The third-order valence-electron chi connectivity index (χ3n) is 4.16. The van der Waals surface area contributed by atoms with Crippen LogP contribution in [0.2, 0.25) is 0 Å². The SMILES string of the molecule is O=C(CCn1ncc2ccccc21)NCC1CCCC1. The van der Waals surface area contributed by atoms with Crippen molar-refractivity contribution in [1.29, 1.82) is 0 Å². The van der Waals surface area contributed by atoms with Gasteiger partial charge in [-0.2, -0.15) is 5.10 Å². The molecule has 1 aliphatic rings. The Morgan fingerprint density at radius 2 is 2.10 bits per heavy atom. The number of carbonyl (C=O) groups excluding carboxylic acids is 1. The Hall–Kier alpha value is -1.84. The average molecular weight is 271 g/mol. The van der Waals surface area contributed by atoms with E-state index in [0.717, 1.165) is 17.4 Å². The van der Waals surface area contributed by atoms with Crippen LogP contribution in [0.4, 0.5) is 0 Å². The number of benzene rings is 1. The smallest absolute Gasteiger partial charge is 0.221 e. The molecule has 0 unspecified atom stereocenters. The molecule has 1 N–H and O–H groups in total. The molecule has 0 radical (unpaired) electrons. The van der Waals surface area contributed by atoms with E-state index in [1.807, 2.05) is 35.1 Å². The summed E-state index contributed by atoms with van der Waals surface area (Å²) < 4.78 is 1.91. The molecule has 0 saturated heterocycles. The number of aryl methyl sites for hydroxylation is 1. The van der Waals surface area contributed by atoms with Gasteiger partial charge >= 0.3 is 0 Å². The highest BCUT2D eigenvalue weighted by Gasteiger charge is 2.15. The second kappa shape index (κ2) is 6.07. The minimum absolute atomic E-state index is 0.136. The molecule has 0 spiro atoms. The lowest BCUT2D eigenvalue weighted by Gasteiger charge is -2.10. The lowest BCUT2D eigenvalue weighted by atomic mass is 10.1. The van der Waals surface area contributed by atoms with E-state index < -0.39 is 0 Å². The van der Waals surface area contributed by atoms with E-state index in [1.165, 1.54) is 25.7 Å². The van der Waals surface area contributed by atoms with E-state index in [9.17, 15) is 4.79 Å². The predicted molar refractivity (Wildman–Crippen MR) is 79.3 cm³/mol. The number of hydrogen-bond donors (Lipinski definition) is 1. The van der Waals surface area contributed by atoms with E-state index >= 15 is 0 Å². The van der Waals surface area contributed by atoms with Crippen LogP contribution in [0.1, 0.15) is 32.1 Å². The summed E-state index contributed by atoms with van der Waals surface area (Å²) in [5, 5.41) is 8.52. The van der Waals surface area contributed by atoms with Gasteiger partial charge in [-0.25, -0.2) is 0 Å². The summed E-state index contributed by atoms with van der Waals surface area (Å²) in [6.07, 6.45) is 7.53.